The summed E-state index contributed by atoms with van der Waals surface area (Å²) in [6.45, 7) is 4.70. The monoisotopic (exact) mass is 295 g/mol. The van der Waals surface area contributed by atoms with Crippen molar-refractivity contribution in [1.82, 2.24) is 4.90 Å². The Morgan fingerprint density at radius 2 is 1.95 bits per heavy atom. The van der Waals surface area contributed by atoms with Crippen molar-refractivity contribution in [2.24, 2.45) is 5.92 Å². The molecular formula is C17H26FNO2. The number of ether oxygens (including phenoxy) is 1. The van der Waals surface area contributed by atoms with Crippen LogP contribution in [0.3, 0.4) is 0 Å². The van der Waals surface area contributed by atoms with Crippen LogP contribution in [0.5, 0.6) is 0 Å². The Hall–Kier alpha value is -0.970. The Morgan fingerprint density at radius 1 is 1.29 bits per heavy atom. The largest absolute Gasteiger partial charge is 0.388 e. The van der Waals surface area contributed by atoms with Gasteiger partial charge in [-0.2, -0.15) is 0 Å². The van der Waals surface area contributed by atoms with E-state index in [1.54, 1.807) is 19.2 Å². The van der Waals surface area contributed by atoms with E-state index in [4.69, 9.17) is 4.74 Å². The fourth-order valence-corrected chi connectivity index (χ4v) is 2.74. The summed E-state index contributed by atoms with van der Waals surface area (Å²) in [7, 11) is 1.72. The number of methoxy groups -OCH3 is 1. The van der Waals surface area contributed by atoms with Gasteiger partial charge in [0.05, 0.1) is 12.7 Å². The van der Waals surface area contributed by atoms with Crippen LogP contribution < -0.4 is 0 Å². The summed E-state index contributed by atoms with van der Waals surface area (Å²) in [4.78, 5) is 2.40. The summed E-state index contributed by atoms with van der Waals surface area (Å²) in [5.74, 6) is 0.528. The van der Waals surface area contributed by atoms with Crippen LogP contribution in [0.2, 0.25) is 0 Å². The SMILES string of the molecule is COCCN(CCC(O)c1ccc(F)cc1)C(C)C1CC1. The first-order valence-corrected chi connectivity index (χ1v) is 7.78. The predicted octanol–water partition coefficient (Wildman–Crippen LogP) is 3.00. The van der Waals surface area contributed by atoms with Gasteiger partial charge in [-0.25, -0.2) is 4.39 Å². The smallest absolute Gasteiger partial charge is 0.123 e. The van der Waals surface area contributed by atoms with Gasteiger partial charge in [0.2, 0.25) is 0 Å². The molecule has 2 rings (SSSR count). The van der Waals surface area contributed by atoms with Crippen LogP contribution in [0.15, 0.2) is 24.3 Å². The zero-order valence-electron chi connectivity index (χ0n) is 13.0. The molecule has 0 radical (unpaired) electrons. The summed E-state index contributed by atoms with van der Waals surface area (Å²) in [6, 6.07) is 6.65. The standard InChI is InChI=1S/C17H26FNO2/c1-13(14-3-4-14)19(11-12-21-2)10-9-17(20)15-5-7-16(18)8-6-15/h5-8,13-14,17,20H,3-4,9-12H2,1-2H3. The number of hydrogen-bond acceptors (Lipinski definition) is 3. The number of rotatable bonds is 9. The summed E-state index contributed by atoms with van der Waals surface area (Å²) in [6.07, 6.45) is 2.74. The highest BCUT2D eigenvalue weighted by Crippen LogP contribution is 2.35. The highest BCUT2D eigenvalue weighted by atomic mass is 19.1. The van der Waals surface area contributed by atoms with E-state index in [1.807, 2.05) is 0 Å². The highest BCUT2D eigenvalue weighted by Gasteiger charge is 2.31. The molecule has 118 valence electrons. The van der Waals surface area contributed by atoms with Gasteiger partial charge < -0.3 is 9.84 Å². The maximum absolute atomic E-state index is 12.9. The van der Waals surface area contributed by atoms with Crippen LogP contribution in [0.4, 0.5) is 4.39 Å². The molecule has 2 atom stereocenters. The van der Waals surface area contributed by atoms with Crippen molar-refractivity contribution < 1.29 is 14.2 Å². The van der Waals surface area contributed by atoms with Gasteiger partial charge in [-0.15, -0.1) is 0 Å². The van der Waals surface area contributed by atoms with Crippen molar-refractivity contribution in [2.45, 2.75) is 38.3 Å². The van der Waals surface area contributed by atoms with Gasteiger partial charge >= 0.3 is 0 Å². The molecule has 1 aromatic rings. The fourth-order valence-electron chi connectivity index (χ4n) is 2.74. The van der Waals surface area contributed by atoms with E-state index in [1.165, 1.54) is 25.0 Å². The summed E-state index contributed by atoms with van der Waals surface area (Å²) in [5, 5.41) is 10.2. The van der Waals surface area contributed by atoms with Gasteiger partial charge in [0.25, 0.3) is 0 Å². The summed E-state index contributed by atoms with van der Waals surface area (Å²) in [5.41, 5.74) is 0.780. The number of aliphatic hydroxyl groups is 1. The van der Waals surface area contributed by atoms with Gasteiger partial charge in [-0.1, -0.05) is 12.1 Å². The molecule has 21 heavy (non-hydrogen) atoms. The van der Waals surface area contributed by atoms with Crippen LogP contribution in [0.25, 0.3) is 0 Å². The predicted molar refractivity (Wildman–Crippen MR) is 81.6 cm³/mol. The molecule has 1 aliphatic rings. The molecule has 0 aromatic heterocycles. The number of nitrogens with zero attached hydrogens (tertiary/aromatic N) is 1. The van der Waals surface area contributed by atoms with E-state index in [0.717, 1.165) is 24.6 Å². The van der Waals surface area contributed by atoms with E-state index in [2.05, 4.69) is 11.8 Å². The van der Waals surface area contributed by atoms with Gasteiger partial charge in [-0.05, 0) is 49.8 Å². The third-order valence-electron chi connectivity index (χ3n) is 4.41. The quantitative estimate of drug-likeness (QED) is 0.760. The number of hydrogen-bond donors (Lipinski definition) is 1. The van der Waals surface area contributed by atoms with Crippen molar-refractivity contribution in [3.05, 3.63) is 35.6 Å². The molecule has 0 amide bonds. The lowest BCUT2D eigenvalue weighted by molar-refractivity contribution is 0.0917. The third-order valence-corrected chi connectivity index (χ3v) is 4.41. The molecule has 1 N–H and O–H groups in total. The molecule has 4 heteroatoms. The van der Waals surface area contributed by atoms with E-state index in [9.17, 15) is 9.50 Å². The van der Waals surface area contributed by atoms with Crippen LogP contribution in [0.1, 0.15) is 37.9 Å². The molecule has 1 aromatic carbocycles. The molecule has 0 heterocycles. The average Bonchev–Trinajstić information content (AvgIpc) is 3.32. The minimum Gasteiger partial charge on any atom is -0.388 e. The molecule has 1 fully saturated rings. The molecule has 2 unspecified atom stereocenters. The molecule has 1 aliphatic carbocycles. The van der Waals surface area contributed by atoms with Crippen molar-refractivity contribution in [2.75, 3.05) is 26.8 Å². The minimum absolute atomic E-state index is 0.268. The highest BCUT2D eigenvalue weighted by molar-refractivity contribution is 5.18. The Bertz CT molecular complexity index is 419. The van der Waals surface area contributed by atoms with E-state index in [-0.39, 0.29) is 5.82 Å². The molecule has 3 nitrogen and oxygen atoms in total. The molecular weight excluding hydrogens is 269 g/mol. The van der Waals surface area contributed by atoms with Crippen molar-refractivity contribution >= 4 is 0 Å². The van der Waals surface area contributed by atoms with Gasteiger partial charge in [0.15, 0.2) is 0 Å². The van der Waals surface area contributed by atoms with Gasteiger partial charge in [0, 0.05) is 26.2 Å². The lowest BCUT2D eigenvalue weighted by Crippen LogP contribution is -2.38. The Labute approximate surface area is 126 Å². The molecule has 0 bridgehead atoms. The van der Waals surface area contributed by atoms with Crippen molar-refractivity contribution in [3.8, 4) is 0 Å². The second-order valence-electron chi connectivity index (χ2n) is 5.96. The first kappa shape index (κ1) is 16.4. The zero-order valence-corrected chi connectivity index (χ0v) is 13.0. The van der Waals surface area contributed by atoms with Crippen molar-refractivity contribution in [3.63, 3.8) is 0 Å². The number of benzene rings is 1. The Kier molecular flexibility index (Phi) is 6.15. The van der Waals surface area contributed by atoms with Crippen LogP contribution in [0, 0.1) is 11.7 Å². The van der Waals surface area contributed by atoms with E-state index >= 15 is 0 Å². The summed E-state index contributed by atoms with van der Waals surface area (Å²) >= 11 is 0. The van der Waals surface area contributed by atoms with E-state index in [0.29, 0.717) is 19.1 Å². The second kappa shape index (κ2) is 7.87. The number of halogens is 1. The second-order valence-corrected chi connectivity index (χ2v) is 5.96. The average molecular weight is 295 g/mol. The van der Waals surface area contributed by atoms with Crippen LogP contribution in [-0.2, 0) is 4.74 Å². The number of aliphatic hydroxyl groups excluding tert-OH is 1. The molecule has 1 saturated carbocycles. The van der Waals surface area contributed by atoms with Gasteiger partial charge in [0.1, 0.15) is 5.82 Å². The topological polar surface area (TPSA) is 32.7 Å². The van der Waals surface area contributed by atoms with Crippen LogP contribution >= 0.6 is 0 Å². The fraction of sp³-hybridized carbons (Fsp3) is 0.647. The first-order chi connectivity index (χ1) is 10.1. The molecule has 0 saturated heterocycles. The minimum atomic E-state index is -0.540. The molecule has 0 aliphatic heterocycles. The molecule has 0 spiro atoms. The van der Waals surface area contributed by atoms with Crippen LogP contribution in [-0.4, -0.2) is 42.9 Å². The lowest BCUT2D eigenvalue weighted by atomic mass is 10.1. The van der Waals surface area contributed by atoms with Gasteiger partial charge in [-0.3, -0.25) is 4.90 Å². The van der Waals surface area contributed by atoms with E-state index < -0.39 is 6.10 Å². The maximum atomic E-state index is 12.9. The van der Waals surface area contributed by atoms with Crippen molar-refractivity contribution in [1.29, 1.82) is 0 Å². The first-order valence-electron chi connectivity index (χ1n) is 7.78. The Morgan fingerprint density at radius 3 is 2.52 bits per heavy atom. The maximum Gasteiger partial charge on any atom is 0.123 e. The third kappa shape index (κ3) is 5.06. The zero-order chi connectivity index (χ0) is 15.2. The normalized spacial score (nSPS) is 18.0. The summed E-state index contributed by atoms with van der Waals surface area (Å²) < 4.78 is 18.1. The Balaban J connectivity index is 1.85. The lowest BCUT2D eigenvalue weighted by Gasteiger charge is -2.29.